The molecule has 1 unspecified atom stereocenters. The molecule has 18 heavy (non-hydrogen) atoms. The summed E-state index contributed by atoms with van der Waals surface area (Å²) in [5.41, 5.74) is 0.894. The highest BCUT2D eigenvalue weighted by molar-refractivity contribution is 5.05. The number of H-pyrrole nitrogens is 1. The van der Waals surface area contributed by atoms with Gasteiger partial charge in [-0.2, -0.15) is 5.10 Å². The molecule has 0 radical (unpaired) electrons. The smallest absolute Gasteiger partial charge is 0.135 e. The van der Waals surface area contributed by atoms with E-state index in [-0.39, 0.29) is 0 Å². The molecule has 5 nitrogen and oxygen atoms in total. The molecule has 0 amide bonds. The fourth-order valence-electron chi connectivity index (χ4n) is 2.11. The van der Waals surface area contributed by atoms with Crippen molar-refractivity contribution in [3.8, 4) is 0 Å². The summed E-state index contributed by atoms with van der Waals surface area (Å²) < 4.78 is 1.99. The van der Waals surface area contributed by atoms with E-state index in [0.717, 1.165) is 18.5 Å². The number of aliphatic hydroxyl groups excluding tert-OH is 1. The van der Waals surface area contributed by atoms with Crippen LogP contribution in [-0.2, 0) is 6.42 Å². The van der Waals surface area contributed by atoms with Crippen LogP contribution in [0.2, 0.25) is 0 Å². The average molecular weight is 248 g/mol. The lowest BCUT2D eigenvalue weighted by atomic mass is 10.2. The SMILES string of the molecule is CCC(CC)n1ccc(CC(O)c2ncc[nH]2)n1. The Bertz CT molecular complexity index is 459. The van der Waals surface area contributed by atoms with E-state index in [1.807, 2.05) is 16.9 Å². The molecular formula is C13H20N4O. The van der Waals surface area contributed by atoms with Crippen LogP contribution in [0.1, 0.15) is 50.4 Å². The van der Waals surface area contributed by atoms with Crippen LogP contribution in [0.25, 0.3) is 0 Å². The molecule has 2 rings (SSSR count). The topological polar surface area (TPSA) is 66.7 Å². The first-order chi connectivity index (χ1) is 8.74. The van der Waals surface area contributed by atoms with Gasteiger partial charge >= 0.3 is 0 Å². The van der Waals surface area contributed by atoms with E-state index in [1.165, 1.54) is 0 Å². The molecule has 0 aliphatic carbocycles. The number of nitrogens with one attached hydrogen (secondary N) is 1. The second kappa shape index (κ2) is 5.82. The number of rotatable bonds is 6. The Balaban J connectivity index is 2.02. The minimum Gasteiger partial charge on any atom is -0.385 e. The number of aliphatic hydroxyl groups is 1. The molecule has 0 aliphatic rings. The standard InChI is InChI=1S/C13H20N4O/c1-3-11(4-2)17-8-5-10(16-17)9-12(18)13-14-6-7-15-13/h5-8,11-12,18H,3-4,9H2,1-2H3,(H,14,15). The van der Waals surface area contributed by atoms with E-state index >= 15 is 0 Å². The maximum atomic E-state index is 9.98. The second-order valence-electron chi connectivity index (χ2n) is 4.45. The van der Waals surface area contributed by atoms with Gasteiger partial charge in [0.1, 0.15) is 11.9 Å². The van der Waals surface area contributed by atoms with E-state index < -0.39 is 6.10 Å². The molecule has 0 saturated heterocycles. The Morgan fingerprint density at radius 2 is 2.17 bits per heavy atom. The van der Waals surface area contributed by atoms with Crippen molar-refractivity contribution in [2.24, 2.45) is 0 Å². The first-order valence-electron chi connectivity index (χ1n) is 6.46. The molecule has 2 N–H and O–H groups in total. The molecule has 0 saturated carbocycles. The summed E-state index contributed by atoms with van der Waals surface area (Å²) >= 11 is 0. The van der Waals surface area contributed by atoms with E-state index in [9.17, 15) is 5.11 Å². The van der Waals surface area contributed by atoms with Gasteiger partial charge in [-0.3, -0.25) is 4.68 Å². The fraction of sp³-hybridized carbons (Fsp3) is 0.538. The highest BCUT2D eigenvalue weighted by atomic mass is 16.3. The van der Waals surface area contributed by atoms with Crippen LogP contribution in [0.15, 0.2) is 24.7 Å². The van der Waals surface area contributed by atoms with Crippen molar-refractivity contribution in [3.63, 3.8) is 0 Å². The minimum absolute atomic E-state index is 0.444. The highest BCUT2D eigenvalue weighted by Gasteiger charge is 2.14. The van der Waals surface area contributed by atoms with Crippen molar-refractivity contribution in [1.29, 1.82) is 0 Å². The van der Waals surface area contributed by atoms with Crippen LogP contribution >= 0.6 is 0 Å². The Morgan fingerprint density at radius 1 is 1.39 bits per heavy atom. The lowest BCUT2D eigenvalue weighted by molar-refractivity contribution is 0.167. The van der Waals surface area contributed by atoms with Crippen LogP contribution in [0.5, 0.6) is 0 Å². The van der Waals surface area contributed by atoms with Gasteiger partial charge in [0.05, 0.1) is 11.7 Å². The Kier molecular flexibility index (Phi) is 4.15. The lowest BCUT2D eigenvalue weighted by Crippen LogP contribution is -2.09. The number of hydrogen-bond acceptors (Lipinski definition) is 3. The zero-order valence-electron chi connectivity index (χ0n) is 10.9. The van der Waals surface area contributed by atoms with Crippen molar-refractivity contribution in [2.75, 3.05) is 0 Å². The second-order valence-corrected chi connectivity index (χ2v) is 4.45. The van der Waals surface area contributed by atoms with Gasteiger partial charge < -0.3 is 10.1 Å². The monoisotopic (exact) mass is 248 g/mol. The van der Waals surface area contributed by atoms with Crippen LogP contribution in [-0.4, -0.2) is 24.9 Å². The third kappa shape index (κ3) is 2.79. The molecule has 0 bridgehead atoms. The van der Waals surface area contributed by atoms with E-state index in [0.29, 0.717) is 18.3 Å². The summed E-state index contributed by atoms with van der Waals surface area (Å²) in [7, 11) is 0. The summed E-state index contributed by atoms with van der Waals surface area (Å²) in [5.74, 6) is 0.590. The molecule has 1 atom stereocenters. The van der Waals surface area contributed by atoms with Crippen LogP contribution in [0.4, 0.5) is 0 Å². The zero-order chi connectivity index (χ0) is 13.0. The van der Waals surface area contributed by atoms with E-state index in [1.54, 1.807) is 12.4 Å². The van der Waals surface area contributed by atoms with Crippen molar-refractivity contribution in [3.05, 3.63) is 36.2 Å². The molecule has 98 valence electrons. The third-order valence-corrected chi connectivity index (χ3v) is 3.22. The largest absolute Gasteiger partial charge is 0.385 e. The molecule has 2 aromatic heterocycles. The average Bonchev–Trinajstić information content (AvgIpc) is 3.01. The van der Waals surface area contributed by atoms with E-state index in [2.05, 4.69) is 28.9 Å². The van der Waals surface area contributed by atoms with Gasteiger partial charge in [0.15, 0.2) is 0 Å². The maximum absolute atomic E-state index is 9.98. The normalized spacial score (nSPS) is 13.1. The predicted octanol–water partition coefficient (Wildman–Crippen LogP) is 2.24. The molecule has 0 aliphatic heterocycles. The molecule has 2 aromatic rings. The lowest BCUT2D eigenvalue weighted by Gasteiger charge is -2.12. The van der Waals surface area contributed by atoms with Crippen molar-refractivity contribution >= 4 is 0 Å². The number of nitrogens with zero attached hydrogens (tertiary/aromatic N) is 3. The molecule has 0 spiro atoms. The molecule has 0 fully saturated rings. The highest BCUT2D eigenvalue weighted by Crippen LogP contribution is 2.17. The number of aromatic amines is 1. The Morgan fingerprint density at radius 3 is 2.78 bits per heavy atom. The number of hydrogen-bond donors (Lipinski definition) is 2. The zero-order valence-corrected chi connectivity index (χ0v) is 10.9. The number of aromatic nitrogens is 4. The van der Waals surface area contributed by atoms with Crippen LogP contribution < -0.4 is 0 Å². The summed E-state index contributed by atoms with van der Waals surface area (Å²) in [6.45, 7) is 4.32. The van der Waals surface area contributed by atoms with Crippen molar-refractivity contribution in [2.45, 2.75) is 45.3 Å². The minimum atomic E-state index is -0.620. The van der Waals surface area contributed by atoms with Gasteiger partial charge in [0.2, 0.25) is 0 Å². The summed E-state index contributed by atoms with van der Waals surface area (Å²) in [4.78, 5) is 6.96. The Hall–Kier alpha value is -1.62. The molecule has 5 heteroatoms. The van der Waals surface area contributed by atoms with Gasteiger partial charge in [0, 0.05) is 25.0 Å². The molecule has 2 heterocycles. The first-order valence-corrected chi connectivity index (χ1v) is 6.46. The third-order valence-electron chi connectivity index (χ3n) is 3.22. The van der Waals surface area contributed by atoms with Crippen molar-refractivity contribution < 1.29 is 5.11 Å². The summed E-state index contributed by atoms with van der Waals surface area (Å²) in [6.07, 6.45) is 7.34. The van der Waals surface area contributed by atoms with Gasteiger partial charge in [-0.25, -0.2) is 4.98 Å². The van der Waals surface area contributed by atoms with Crippen molar-refractivity contribution in [1.82, 2.24) is 19.7 Å². The van der Waals surface area contributed by atoms with Gasteiger partial charge in [-0.15, -0.1) is 0 Å². The van der Waals surface area contributed by atoms with Crippen LogP contribution in [0.3, 0.4) is 0 Å². The Labute approximate surface area is 107 Å². The predicted molar refractivity (Wildman–Crippen MR) is 69.1 cm³/mol. The maximum Gasteiger partial charge on any atom is 0.135 e. The van der Waals surface area contributed by atoms with Gasteiger partial charge in [0.25, 0.3) is 0 Å². The quantitative estimate of drug-likeness (QED) is 0.824. The van der Waals surface area contributed by atoms with E-state index in [4.69, 9.17) is 0 Å². The number of imidazole rings is 1. The molecule has 0 aromatic carbocycles. The fourth-order valence-corrected chi connectivity index (χ4v) is 2.11. The first kappa shape index (κ1) is 12.8. The molecular weight excluding hydrogens is 228 g/mol. The van der Waals surface area contributed by atoms with Gasteiger partial charge in [-0.05, 0) is 18.9 Å². The van der Waals surface area contributed by atoms with Gasteiger partial charge in [-0.1, -0.05) is 13.8 Å². The van der Waals surface area contributed by atoms with Crippen LogP contribution in [0, 0.1) is 0 Å². The summed E-state index contributed by atoms with van der Waals surface area (Å²) in [6, 6.07) is 2.41. The summed E-state index contributed by atoms with van der Waals surface area (Å²) in [5, 5.41) is 14.5.